The van der Waals surface area contributed by atoms with E-state index in [4.69, 9.17) is 9.47 Å². The summed E-state index contributed by atoms with van der Waals surface area (Å²) in [6.07, 6.45) is 2.33. The lowest BCUT2D eigenvalue weighted by molar-refractivity contribution is -0.0378. The molecule has 4 heteroatoms. The van der Waals surface area contributed by atoms with Crippen molar-refractivity contribution in [3.8, 4) is 0 Å². The maximum absolute atomic E-state index is 13.5. The molecule has 1 heterocycles. The van der Waals surface area contributed by atoms with Gasteiger partial charge in [0.25, 0.3) is 0 Å². The molecule has 1 aliphatic heterocycles. The van der Waals surface area contributed by atoms with Gasteiger partial charge < -0.3 is 9.47 Å². The number of likely N-dealkylation sites (tertiary alicyclic amines) is 1. The monoisotopic (exact) mass is 259 g/mol. The van der Waals surface area contributed by atoms with Crippen LogP contribution in [-0.4, -0.2) is 56.6 Å². The normalized spacial score (nSPS) is 31.8. The van der Waals surface area contributed by atoms with E-state index in [1.807, 2.05) is 0 Å². The molecule has 0 unspecified atom stereocenters. The van der Waals surface area contributed by atoms with Crippen LogP contribution < -0.4 is 0 Å². The van der Waals surface area contributed by atoms with Crippen molar-refractivity contribution in [2.75, 3.05) is 33.4 Å². The van der Waals surface area contributed by atoms with Gasteiger partial charge in [-0.15, -0.1) is 0 Å². The Bertz CT molecular complexity index is 269. The van der Waals surface area contributed by atoms with Crippen molar-refractivity contribution < 1.29 is 13.9 Å². The predicted octanol–water partition coefficient (Wildman–Crippen LogP) is 2.25. The van der Waals surface area contributed by atoms with E-state index in [2.05, 4.69) is 18.7 Å². The fraction of sp³-hybridized carbons (Fsp3) is 1.00. The lowest BCUT2D eigenvalue weighted by Crippen LogP contribution is -2.48. The van der Waals surface area contributed by atoms with Crippen LogP contribution >= 0.6 is 0 Å². The summed E-state index contributed by atoms with van der Waals surface area (Å²) in [6.45, 7) is 7.60. The van der Waals surface area contributed by atoms with Gasteiger partial charge >= 0.3 is 0 Å². The van der Waals surface area contributed by atoms with Gasteiger partial charge in [0.05, 0.1) is 12.7 Å². The first-order chi connectivity index (χ1) is 8.54. The summed E-state index contributed by atoms with van der Waals surface area (Å²) in [4.78, 5) is 2.35. The minimum absolute atomic E-state index is 0.249. The van der Waals surface area contributed by atoms with Crippen molar-refractivity contribution in [2.24, 2.45) is 5.41 Å². The Morgan fingerprint density at radius 2 is 2.11 bits per heavy atom. The molecule has 1 saturated heterocycles. The van der Waals surface area contributed by atoms with E-state index >= 15 is 0 Å². The SMILES string of the molecule is CO[C@H]1CN(CC2(COC(C)C)CC2)CC[C@@H]1F. The number of alkyl halides is 1. The van der Waals surface area contributed by atoms with Crippen LogP contribution in [0, 0.1) is 5.41 Å². The summed E-state index contributed by atoms with van der Waals surface area (Å²) in [5, 5.41) is 0. The fourth-order valence-corrected chi connectivity index (χ4v) is 2.66. The Hall–Kier alpha value is -0.190. The number of nitrogens with zero attached hydrogens (tertiary/aromatic N) is 1. The average molecular weight is 259 g/mol. The summed E-state index contributed by atoms with van der Waals surface area (Å²) in [5.74, 6) is 0. The van der Waals surface area contributed by atoms with E-state index in [9.17, 15) is 4.39 Å². The van der Waals surface area contributed by atoms with Crippen molar-refractivity contribution in [2.45, 2.75) is 51.5 Å². The van der Waals surface area contributed by atoms with Gasteiger partial charge in [-0.05, 0) is 33.1 Å². The molecule has 2 rings (SSSR count). The minimum atomic E-state index is -0.798. The molecule has 1 aliphatic carbocycles. The molecular formula is C14H26FNO2. The molecule has 0 N–H and O–H groups in total. The highest BCUT2D eigenvalue weighted by Crippen LogP contribution is 2.47. The van der Waals surface area contributed by atoms with Crippen molar-refractivity contribution in [3.05, 3.63) is 0 Å². The minimum Gasteiger partial charge on any atom is -0.378 e. The Balaban J connectivity index is 1.79. The number of piperidine rings is 1. The smallest absolute Gasteiger partial charge is 0.129 e. The zero-order chi connectivity index (χ0) is 13.2. The Kier molecular flexibility index (Phi) is 4.62. The molecule has 3 nitrogen and oxygen atoms in total. The van der Waals surface area contributed by atoms with Gasteiger partial charge in [0.1, 0.15) is 12.3 Å². The molecule has 0 spiro atoms. The van der Waals surface area contributed by atoms with E-state index in [0.29, 0.717) is 17.9 Å². The summed E-state index contributed by atoms with van der Waals surface area (Å²) in [6, 6.07) is 0. The van der Waals surface area contributed by atoms with Gasteiger partial charge in [0.15, 0.2) is 0 Å². The van der Waals surface area contributed by atoms with Crippen LogP contribution in [0.3, 0.4) is 0 Å². The first-order valence-electron chi connectivity index (χ1n) is 7.05. The van der Waals surface area contributed by atoms with Gasteiger partial charge in [0.2, 0.25) is 0 Å². The third-order valence-electron chi connectivity index (χ3n) is 4.10. The van der Waals surface area contributed by atoms with E-state index in [0.717, 1.165) is 26.2 Å². The zero-order valence-corrected chi connectivity index (χ0v) is 11.8. The van der Waals surface area contributed by atoms with E-state index in [1.165, 1.54) is 12.8 Å². The molecule has 2 aliphatic rings. The second-order valence-electron chi connectivity index (χ2n) is 6.17. The van der Waals surface area contributed by atoms with Crippen LogP contribution in [-0.2, 0) is 9.47 Å². The van der Waals surface area contributed by atoms with Crippen molar-refractivity contribution >= 4 is 0 Å². The molecule has 0 bridgehead atoms. The fourth-order valence-electron chi connectivity index (χ4n) is 2.66. The van der Waals surface area contributed by atoms with Gasteiger partial charge in [-0.25, -0.2) is 4.39 Å². The summed E-state index contributed by atoms with van der Waals surface area (Å²) >= 11 is 0. The van der Waals surface area contributed by atoms with Gasteiger partial charge in [-0.2, -0.15) is 0 Å². The maximum Gasteiger partial charge on any atom is 0.129 e. The lowest BCUT2D eigenvalue weighted by Gasteiger charge is -2.36. The van der Waals surface area contributed by atoms with E-state index < -0.39 is 6.17 Å². The highest BCUT2D eigenvalue weighted by Gasteiger charge is 2.45. The number of rotatable bonds is 6. The largest absolute Gasteiger partial charge is 0.378 e. The summed E-state index contributed by atoms with van der Waals surface area (Å²) < 4.78 is 24.5. The Labute approximate surface area is 110 Å². The highest BCUT2D eigenvalue weighted by molar-refractivity contribution is 4.97. The van der Waals surface area contributed by atoms with Crippen LogP contribution in [0.2, 0.25) is 0 Å². The van der Waals surface area contributed by atoms with E-state index in [1.54, 1.807) is 7.11 Å². The maximum atomic E-state index is 13.5. The quantitative estimate of drug-likeness (QED) is 0.730. The number of hydrogen-bond donors (Lipinski definition) is 0. The number of ether oxygens (including phenoxy) is 2. The average Bonchev–Trinajstić information content (AvgIpc) is 3.10. The van der Waals surface area contributed by atoms with Gasteiger partial charge in [-0.3, -0.25) is 4.90 Å². The van der Waals surface area contributed by atoms with Gasteiger partial charge in [-0.1, -0.05) is 0 Å². The van der Waals surface area contributed by atoms with Gasteiger partial charge in [0, 0.05) is 32.2 Å². The van der Waals surface area contributed by atoms with Crippen LogP contribution in [0.5, 0.6) is 0 Å². The Morgan fingerprint density at radius 3 is 2.67 bits per heavy atom. The number of halogens is 1. The molecule has 2 fully saturated rings. The second kappa shape index (κ2) is 5.85. The molecular weight excluding hydrogens is 233 g/mol. The van der Waals surface area contributed by atoms with Crippen LogP contribution in [0.1, 0.15) is 33.1 Å². The Morgan fingerprint density at radius 1 is 1.39 bits per heavy atom. The first kappa shape index (κ1) is 14.2. The van der Waals surface area contributed by atoms with Crippen molar-refractivity contribution in [3.63, 3.8) is 0 Å². The first-order valence-corrected chi connectivity index (χ1v) is 7.05. The standard InChI is InChI=1S/C14H26FNO2/c1-11(2)18-10-14(5-6-14)9-16-7-4-12(15)13(8-16)17-3/h11-13H,4-10H2,1-3H3/t12-,13-/m0/s1. The predicted molar refractivity (Wildman–Crippen MR) is 69.5 cm³/mol. The molecule has 0 amide bonds. The highest BCUT2D eigenvalue weighted by atomic mass is 19.1. The van der Waals surface area contributed by atoms with Crippen molar-refractivity contribution in [1.29, 1.82) is 0 Å². The van der Waals surface area contributed by atoms with Crippen molar-refractivity contribution in [1.82, 2.24) is 4.90 Å². The lowest BCUT2D eigenvalue weighted by atomic mass is 10.0. The van der Waals surface area contributed by atoms with E-state index in [-0.39, 0.29) is 6.10 Å². The third kappa shape index (κ3) is 3.65. The molecule has 2 atom stereocenters. The van der Waals surface area contributed by atoms with Crippen LogP contribution in [0.4, 0.5) is 4.39 Å². The molecule has 1 saturated carbocycles. The van der Waals surface area contributed by atoms with Crippen LogP contribution in [0.25, 0.3) is 0 Å². The molecule has 0 aromatic carbocycles. The zero-order valence-electron chi connectivity index (χ0n) is 11.8. The molecule has 106 valence electrons. The number of methoxy groups -OCH3 is 1. The topological polar surface area (TPSA) is 21.7 Å². The molecule has 0 radical (unpaired) electrons. The molecule has 18 heavy (non-hydrogen) atoms. The molecule has 0 aromatic rings. The second-order valence-corrected chi connectivity index (χ2v) is 6.17. The third-order valence-corrected chi connectivity index (χ3v) is 4.10. The summed E-state index contributed by atoms with van der Waals surface area (Å²) in [7, 11) is 1.61. The summed E-state index contributed by atoms with van der Waals surface area (Å²) in [5.41, 5.74) is 0.339. The van der Waals surface area contributed by atoms with Crippen LogP contribution in [0.15, 0.2) is 0 Å². The molecule has 0 aromatic heterocycles. The number of hydrogen-bond acceptors (Lipinski definition) is 3.